The molecule has 0 amide bonds. The van der Waals surface area contributed by atoms with Crippen LogP contribution in [0, 0.1) is 23.6 Å². The summed E-state index contributed by atoms with van der Waals surface area (Å²) in [6.45, 7) is -0.834. The molecule has 3 aromatic rings. The molecule has 2 aliphatic rings. The molecule has 2 fully saturated rings. The molecule has 0 atom stereocenters. The Balaban J connectivity index is 1.33. The first-order valence-corrected chi connectivity index (χ1v) is 13.2. The van der Waals surface area contributed by atoms with Gasteiger partial charge < -0.3 is 9.15 Å². The maximum Gasteiger partial charge on any atom is 0.387 e. The smallest absolute Gasteiger partial charge is 0.387 e. The lowest BCUT2D eigenvalue weighted by atomic mass is 9.68. The topological polar surface area (TPSA) is 35.3 Å². The monoisotopic (exact) mass is 485 g/mol. The Hall–Kier alpha value is -2.50. The first-order valence-electron chi connectivity index (χ1n) is 13.2. The van der Waals surface area contributed by atoms with Gasteiger partial charge in [0.25, 0.3) is 0 Å². The molecule has 0 radical (unpaired) electrons. The van der Waals surface area contributed by atoms with Crippen molar-refractivity contribution in [3.8, 4) is 17.2 Å². The summed E-state index contributed by atoms with van der Waals surface area (Å²) in [4.78, 5) is 4.34. The number of oxazole rings is 1. The van der Waals surface area contributed by atoms with Crippen molar-refractivity contribution < 1.29 is 22.3 Å². The molecule has 5 rings (SSSR count). The molecule has 2 aliphatic carbocycles. The van der Waals surface area contributed by atoms with E-state index < -0.39 is 12.4 Å². The van der Waals surface area contributed by atoms with Crippen LogP contribution in [0.2, 0.25) is 0 Å². The summed E-state index contributed by atoms with van der Waals surface area (Å²) < 4.78 is 52.7. The fraction of sp³-hybridized carbons (Fsp3) is 0.552. The minimum atomic E-state index is -3.10. The second-order valence-electron chi connectivity index (χ2n) is 10.4. The average molecular weight is 486 g/mol. The van der Waals surface area contributed by atoms with Crippen molar-refractivity contribution >= 4 is 11.1 Å². The van der Waals surface area contributed by atoms with Crippen LogP contribution in [0.5, 0.6) is 5.75 Å². The molecular formula is C29H34F3NO2. The highest BCUT2D eigenvalue weighted by Crippen LogP contribution is 2.47. The molecule has 0 bridgehead atoms. The van der Waals surface area contributed by atoms with Crippen molar-refractivity contribution in [1.29, 1.82) is 0 Å². The van der Waals surface area contributed by atoms with Gasteiger partial charge in [0.05, 0.1) is 5.56 Å². The maximum atomic E-state index is 15.6. The van der Waals surface area contributed by atoms with Crippen LogP contribution in [0.3, 0.4) is 0 Å². The zero-order chi connectivity index (χ0) is 24.4. The Kier molecular flexibility index (Phi) is 7.35. The van der Waals surface area contributed by atoms with Crippen LogP contribution in [0.25, 0.3) is 22.6 Å². The van der Waals surface area contributed by atoms with Crippen molar-refractivity contribution in [2.45, 2.75) is 83.7 Å². The molecule has 0 N–H and O–H groups in total. The zero-order valence-electron chi connectivity index (χ0n) is 20.3. The van der Waals surface area contributed by atoms with Crippen molar-refractivity contribution in [1.82, 2.24) is 4.98 Å². The van der Waals surface area contributed by atoms with Crippen LogP contribution in [-0.4, -0.2) is 11.6 Å². The molecular weight excluding hydrogens is 451 g/mol. The average Bonchev–Trinajstić information content (AvgIpc) is 3.30. The van der Waals surface area contributed by atoms with E-state index in [9.17, 15) is 8.78 Å². The van der Waals surface area contributed by atoms with Gasteiger partial charge in [0.1, 0.15) is 5.52 Å². The van der Waals surface area contributed by atoms with Gasteiger partial charge in [-0.25, -0.2) is 9.37 Å². The van der Waals surface area contributed by atoms with E-state index in [0.717, 1.165) is 37.5 Å². The first kappa shape index (κ1) is 24.2. The summed E-state index contributed by atoms with van der Waals surface area (Å²) >= 11 is 0. The Morgan fingerprint density at radius 3 is 2.29 bits per heavy atom. The maximum absolute atomic E-state index is 15.6. The minimum Gasteiger partial charge on any atom is -0.436 e. The Morgan fingerprint density at radius 2 is 1.63 bits per heavy atom. The van der Waals surface area contributed by atoms with Crippen LogP contribution in [0.15, 0.2) is 40.8 Å². The van der Waals surface area contributed by atoms with Crippen molar-refractivity contribution in [3.05, 3.63) is 47.8 Å². The number of hydrogen-bond donors (Lipinski definition) is 0. The van der Waals surface area contributed by atoms with Gasteiger partial charge in [-0.1, -0.05) is 50.8 Å². The normalized spacial score (nSPS) is 25.3. The molecule has 2 aromatic carbocycles. The van der Waals surface area contributed by atoms with Crippen LogP contribution < -0.4 is 4.74 Å². The van der Waals surface area contributed by atoms with Gasteiger partial charge in [0.2, 0.25) is 5.89 Å². The number of nitrogens with zero attached hydrogens (tertiary/aromatic N) is 1. The molecule has 2 saturated carbocycles. The van der Waals surface area contributed by atoms with E-state index in [-0.39, 0.29) is 23.1 Å². The number of aromatic nitrogens is 1. The summed E-state index contributed by atoms with van der Waals surface area (Å²) in [5, 5.41) is 0. The predicted molar refractivity (Wildman–Crippen MR) is 131 cm³/mol. The number of hydrogen-bond acceptors (Lipinski definition) is 3. The molecule has 188 valence electrons. The Labute approximate surface area is 205 Å². The fourth-order valence-corrected chi connectivity index (χ4v) is 6.51. The lowest BCUT2D eigenvalue weighted by molar-refractivity contribution is -0.0531. The third kappa shape index (κ3) is 5.22. The molecule has 35 heavy (non-hydrogen) atoms. The second kappa shape index (κ2) is 10.6. The van der Waals surface area contributed by atoms with Crippen LogP contribution in [-0.2, 0) is 0 Å². The van der Waals surface area contributed by atoms with Gasteiger partial charge in [-0.05, 0) is 80.4 Å². The molecule has 0 spiro atoms. The van der Waals surface area contributed by atoms with Gasteiger partial charge in [-0.3, -0.25) is 0 Å². The summed E-state index contributed by atoms with van der Waals surface area (Å²) in [5.74, 6) is 1.26. The van der Waals surface area contributed by atoms with Gasteiger partial charge in [0, 0.05) is 5.56 Å². The Bertz CT molecular complexity index is 1100. The zero-order valence-corrected chi connectivity index (χ0v) is 20.3. The largest absolute Gasteiger partial charge is 0.436 e. The van der Waals surface area contributed by atoms with E-state index in [1.807, 2.05) is 6.07 Å². The number of benzene rings is 2. The SMILES string of the molecule is CCCC1CCC(C2CCC(c3ccc(-c4nc5ccccc5o4)c(F)c3OC(F)F)CC2)CC1. The van der Waals surface area contributed by atoms with E-state index in [1.165, 1.54) is 38.5 Å². The highest BCUT2D eigenvalue weighted by Gasteiger charge is 2.33. The van der Waals surface area contributed by atoms with E-state index in [1.54, 1.807) is 30.3 Å². The molecule has 6 heteroatoms. The molecule has 0 aliphatic heterocycles. The van der Waals surface area contributed by atoms with Crippen molar-refractivity contribution in [2.75, 3.05) is 0 Å². The standard InChI is InChI=1S/C29H34F3NO2/c1-2-5-18-8-10-19(11-9-18)20-12-14-21(15-13-20)22-16-17-23(26(30)27(22)35-29(31)32)28-33-24-6-3-4-7-25(24)34-28/h3-4,6-7,16-21,29H,2,5,8-15H2,1H3. The number of alkyl halides is 2. The van der Waals surface area contributed by atoms with Crippen LogP contribution in [0.4, 0.5) is 13.2 Å². The van der Waals surface area contributed by atoms with Gasteiger partial charge in [0.15, 0.2) is 17.1 Å². The van der Waals surface area contributed by atoms with Gasteiger partial charge >= 0.3 is 6.61 Å². The van der Waals surface area contributed by atoms with E-state index in [0.29, 0.717) is 22.6 Å². The number of rotatable bonds is 7. The highest BCUT2D eigenvalue weighted by molar-refractivity contribution is 5.76. The van der Waals surface area contributed by atoms with E-state index >= 15 is 4.39 Å². The number of halogens is 3. The molecule has 0 unspecified atom stereocenters. The van der Waals surface area contributed by atoms with Crippen molar-refractivity contribution in [2.24, 2.45) is 17.8 Å². The lowest BCUT2D eigenvalue weighted by Gasteiger charge is -2.38. The highest BCUT2D eigenvalue weighted by atomic mass is 19.3. The minimum absolute atomic E-state index is 0.0172. The van der Waals surface area contributed by atoms with Gasteiger partial charge in [-0.15, -0.1) is 0 Å². The fourth-order valence-electron chi connectivity index (χ4n) is 6.51. The number of fused-ring (bicyclic) bond motifs is 1. The molecule has 0 saturated heterocycles. The Morgan fingerprint density at radius 1 is 0.943 bits per heavy atom. The van der Waals surface area contributed by atoms with E-state index in [4.69, 9.17) is 9.15 Å². The van der Waals surface area contributed by atoms with Gasteiger partial charge in [-0.2, -0.15) is 8.78 Å². The third-order valence-corrected chi connectivity index (χ3v) is 8.33. The quantitative estimate of drug-likeness (QED) is 0.335. The summed E-state index contributed by atoms with van der Waals surface area (Å²) in [7, 11) is 0. The van der Waals surface area contributed by atoms with Crippen LogP contribution >= 0.6 is 0 Å². The molecule has 1 aromatic heterocycles. The van der Waals surface area contributed by atoms with Crippen LogP contribution in [0.1, 0.15) is 82.6 Å². The summed E-state index contributed by atoms with van der Waals surface area (Å²) in [5.41, 5.74) is 1.68. The van der Waals surface area contributed by atoms with E-state index in [2.05, 4.69) is 11.9 Å². The summed E-state index contributed by atoms with van der Waals surface area (Å²) in [6, 6.07) is 10.4. The molecule has 1 heterocycles. The predicted octanol–water partition coefficient (Wildman–Crippen LogP) is 9.12. The molecule has 3 nitrogen and oxygen atoms in total. The lowest BCUT2D eigenvalue weighted by Crippen LogP contribution is -2.25. The third-order valence-electron chi connectivity index (χ3n) is 8.33. The number of ether oxygens (including phenoxy) is 1. The number of para-hydroxylation sites is 2. The second-order valence-corrected chi connectivity index (χ2v) is 10.4. The summed E-state index contributed by atoms with van der Waals surface area (Å²) in [6.07, 6.45) is 11.8. The first-order chi connectivity index (χ1) is 17.0. The van der Waals surface area contributed by atoms with Crippen molar-refractivity contribution in [3.63, 3.8) is 0 Å².